The van der Waals surface area contributed by atoms with Crippen LogP contribution in [0.3, 0.4) is 0 Å². The van der Waals surface area contributed by atoms with E-state index in [1.807, 2.05) is 13.8 Å². The zero-order valence-electron chi connectivity index (χ0n) is 17.3. The molecule has 7 nitrogen and oxygen atoms in total. The molecule has 0 bridgehead atoms. The molecule has 2 unspecified atom stereocenters. The molecule has 2 aromatic carbocycles. The summed E-state index contributed by atoms with van der Waals surface area (Å²) >= 11 is 0. The van der Waals surface area contributed by atoms with Gasteiger partial charge < -0.3 is 19.3 Å². The summed E-state index contributed by atoms with van der Waals surface area (Å²) in [6, 6.07) is 8.64. The van der Waals surface area contributed by atoms with Gasteiger partial charge in [0.15, 0.2) is 11.5 Å². The Balaban J connectivity index is 1.55. The van der Waals surface area contributed by atoms with Crippen molar-refractivity contribution in [2.45, 2.75) is 32.5 Å². The highest BCUT2D eigenvalue weighted by Gasteiger charge is 2.31. The number of halogens is 3. The maximum Gasteiger partial charge on any atom is 0.416 e. The Kier molecular flexibility index (Phi) is 5.77. The number of aromatic nitrogens is 2. The van der Waals surface area contributed by atoms with Crippen molar-refractivity contribution in [1.29, 1.82) is 0 Å². The van der Waals surface area contributed by atoms with Gasteiger partial charge in [0.2, 0.25) is 18.5 Å². The average Bonchev–Trinajstić information content (AvgIpc) is 3.45. The number of carbonyl (C=O) groups excluding carboxylic acids is 1. The summed E-state index contributed by atoms with van der Waals surface area (Å²) in [4.78, 5) is 17.1. The second-order valence-electron chi connectivity index (χ2n) is 7.44. The summed E-state index contributed by atoms with van der Waals surface area (Å²) < 4.78 is 54.4. The van der Waals surface area contributed by atoms with Crippen LogP contribution in [0, 0.1) is 5.92 Å². The van der Waals surface area contributed by atoms with Gasteiger partial charge in [-0.05, 0) is 48.4 Å². The third kappa shape index (κ3) is 4.39. The van der Waals surface area contributed by atoms with Crippen LogP contribution in [0.5, 0.6) is 11.5 Å². The standard InChI is InChI=1S/C22H20F3N3O4/c1-3-12(2)18(26-20(29)13-4-7-15(8-5-13)22(23,24)25)21-27-19(28-32-21)14-6-9-16-17(10-14)31-11-30-16/h4-10,12,18H,3,11H2,1-2H3,(H,26,29). The monoisotopic (exact) mass is 447 g/mol. The van der Waals surface area contributed by atoms with E-state index >= 15 is 0 Å². The number of hydrogen-bond acceptors (Lipinski definition) is 6. The summed E-state index contributed by atoms with van der Waals surface area (Å²) in [5.74, 6) is 1.11. The lowest BCUT2D eigenvalue weighted by molar-refractivity contribution is -0.137. The second kappa shape index (κ2) is 8.52. The minimum atomic E-state index is -4.47. The Bertz CT molecular complexity index is 1110. The topological polar surface area (TPSA) is 86.5 Å². The number of amides is 1. The molecule has 10 heteroatoms. The Hall–Kier alpha value is -3.56. The zero-order valence-corrected chi connectivity index (χ0v) is 17.3. The molecule has 2 atom stereocenters. The van der Waals surface area contributed by atoms with Crippen molar-refractivity contribution in [2.75, 3.05) is 6.79 Å². The number of nitrogens with one attached hydrogen (secondary N) is 1. The number of rotatable bonds is 6. The van der Waals surface area contributed by atoms with Crippen LogP contribution in [-0.2, 0) is 6.18 Å². The lowest BCUT2D eigenvalue weighted by Crippen LogP contribution is -2.32. The predicted molar refractivity (Wildman–Crippen MR) is 107 cm³/mol. The van der Waals surface area contributed by atoms with Crippen LogP contribution in [0.1, 0.15) is 48.1 Å². The first-order valence-electron chi connectivity index (χ1n) is 9.98. The third-order valence-corrected chi connectivity index (χ3v) is 5.31. The zero-order chi connectivity index (χ0) is 22.9. The fourth-order valence-corrected chi connectivity index (χ4v) is 3.23. The van der Waals surface area contributed by atoms with Crippen LogP contribution in [0.25, 0.3) is 11.4 Å². The lowest BCUT2D eigenvalue weighted by Gasteiger charge is -2.21. The number of ether oxygens (including phenoxy) is 2. The molecular formula is C22H20F3N3O4. The van der Waals surface area contributed by atoms with E-state index in [9.17, 15) is 18.0 Å². The first-order chi connectivity index (χ1) is 15.3. The Morgan fingerprint density at radius 2 is 1.84 bits per heavy atom. The molecule has 2 heterocycles. The largest absolute Gasteiger partial charge is 0.454 e. The van der Waals surface area contributed by atoms with Crippen molar-refractivity contribution in [3.8, 4) is 22.9 Å². The number of alkyl halides is 3. The van der Waals surface area contributed by atoms with Gasteiger partial charge in [0.1, 0.15) is 6.04 Å². The van der Waals surface area contributed by atoms with E-state index in [0.29, 0.717) is 29.3 Å². The lowest BCUT2D eigenvalue weighted by atomic mass is 9.98. The van der Waals surface area contributed by atoms with Gasteiger partial charge in [-0.1, -0.05) is 25.4 Å². The minimum Gasteiger partial charge on any atom is -0.454 e. The molecule has 0 saturated heterocycles. The molecule has 168 valence electrons. The van der Waals surface area contributed by atoms with Crippen LogP contribution in [0.2, 0.25) is 0 Å². The highest BCUT2D eigenvalue weighted by Crippen LogP contribution is 2.36. The summed E-state index contributed by atoms with van der Waals surface area (Å²) in [6.45, 7) is 3.99. The molecule has 1 aliphatic heterocycles. The molecule has 0 saturated carbocycles. The van der Waals surface area contributed by atoms with Crippen LogP contribution >= 0.6 is 0 Å². The van der Waals surface area contributed by atoms with E-state index in [1.54, 1.807) is 18.2 Å². The molecule has 0 spiro atoms. The highest BCUT2D eigenvalue weighted by molar-refractivity contribution is 5.94. The molecule has 32 heavy (non-hydrogen) atoms. The fraction of sp³-hybridized carbons (Fsp3) is 0.318. The van der Waals surface area contributed by atoms with E-state index in [1.165, 1.54) is 0 Å². The maximum atomic E-state index is 12.8. The minimum absolute atomic E-state index is 0.0709. The number of nitrogens with zero attached hydrogens (tertiary/aromatic N) is 2. The van der Waals surface area contributed by atoms with Gasteiger partial charge in [0, 0.05) is 11.1 Å². The second-order valence-corrected chi connectivity index (χ2v) is 7.44. The van der Waals surface area contributed by atoms with Gasteiger partial charge in [0.25, 0.3) is 5.91 Å². The van der Waals surface area contributed by atoms with Crippen molar-refractivity contribution >= 4 is 5.91 Å². The Labute approximate surface area is 181 Å². The van der Waals surface area contributed by atoms with Crippen molar-refractivity contribution < 1.29 is 32.0 Å². The van der Waals surface area contributed by atoms with E-state index < -0.39 is 23.7 Å². The van der Waals surface area contributed by atoms with Gasteiger partial charge in [-0.2, -0.15) is 18.2 Å². The smallest absolute Gasteiger partial charge is 0.416 e. The van der Waals surface area contributed by atoms with Crippen LogP contribution in [-0.4, -0.2) is 22.8 Å². The molecule has 3 aromatic rings. The van der Waals surface area contributed by atoms with Gasteiger partial charge in [0.05, 0.1) is 5.56 Å². The first-order valence-corrected chi connectivity index (χ1v) is 9.98. The number of fused-ring (bicyclic) bond motifs is 1. The quantitative estimate of drug-likeness (QED) is 0.572. The van der Waals surface area contributed by atoms with Crippen LogP contribution in [0.15, 0.2) is 47.0 Å². The SMILES string of the molecule is CCC(C)C(NC(=O)c1ccc(C(F)(F)F)cc1)c1nc(-c2ccc3c(c2)OCO3)no1. The molecule has 1 amide bonds. The van der Waals surface area contributed by atoms with E-state index in [2.05, 4.69) is 15.5 Å². The van der Waals surface area contributed by atoms with Crippen LogP contribution < -0.4 is 14.8 Å². The predicted octanol–water partition coefficient (Wildman–Crippen LogP) is 5.00. The molecule has 1 N–H and O–H groups in total. The number of carbonyl (C=O) groups is 1. The average molecular weight is 447 g/mol. The third-order valence-electron chi connectivity index (χ3n) is 5.31. The number of hydrogen-bond donors (Lipinski definition) is 1. The van der Waals surface area contributed by atoms with E-state index in [0.717, 1.165) is 24.3 Å². The van der Waals surface area contributed by atoms with Crippen LogP contribution in [0.4, 0.5) is 13.2 Å². The molecule has 4 rings (SSSR count). The van der Waals surface area contributed by atoms with Gasteiger partial charge in [-0.3, -0.25) is 4.79 Å². The molecule has 1 aliphatic rings. The Morgan fingerprint density at radius 3 is 2.53 bits per heavy atom. The van der Waals surface area contributed by atoms with E-state index in [-0.39, 0.29) is 24.2 Å². The van der Waals surface area contributed by atoms with Gasteiger partial charge in [-0.15, -0.1) is 0 Å². The highest BCUT2D eigenvalue weighted by atomic mass is 19.4. The molecule has 0 radical (unpaired) electrons. The summed E-state index contributed by atoms with van der Waals surface area (Å²) in [7, 11) is 0. The first kappa shape index (κ1) is 21.7. The van der Waals surface area contributed by atoms with Crippen molar-refractivity contribution in [2.24, 2.45) is 5.92 Å². The molecular weight excluding hydrogens is 427 g/mol. The molecule has 0 aliphatic carbocycles. The molecule has 1 aromatic heterocycles. The summed E-state index contributed by atoms with van der Waals surface area (Å²) in [5.41, 5.74) is -0.0687. The Morgan fingerprint density at radius 1 is 1.12 bits per heavy atom. The molecule has 0 fully saturated rings. The maximum absolute atomic E-state index is 12.8. The van der Waals surface area contributed by atoms with Gasteiger partial charge >= 0.3 is 6.18 Å². The summed E-state index contributed by atoms with van der Waals surface area (Å²) in [6.07, 6.45) is -3.77. The summed E-state index contributed by atoms with van der Waals surface area (Å²) in [5, 5.41) is 6.81. The van der Waals surface area contributed by atoms with Crippen molar-refractivity contribution in [1.82, 2.24) is 15.5 Å². The fourth-order valence-electron chi connectivity index (χ4n) is 3.23. The van der Waals surface area contributed by atoms with Crippen molar-refractivity contribution in [3.63, 3.8) is 0 Å². The van der Waals surface area contributed by atoms with Crippen molar-refractivity contribution in [3.05, 3.63) is 59.5 Å². The van der Waals surface area contributed by atoms with E-state index in [4.69, 9.17) is 14.0 Å². The normalized spacial score (nSPS) is 14.8. The number of benzene rings is 2. The van der Waals surface area contributed by atoms with Gasteiger partial charge in [-0.25, -0.2) is 0 Å².